The van der Waals surface area contributed by atoms with E-state index in [4.69, 9.17) is 10.2 Å². The van der Waals surface area contributed by atoms with E-state index in [1.165, 1.54) is 0 Å². The lowest BCUT2D eigenvalue weighted by Gasteiger charge is -2.21. The first-order valence-electron chi connectivity index (χ1n) is 6.31. The molecule has 9 heteroatoms. The maximum Gasteiger partial charge on any atom is 0.404 e. The van der Waals surface area contributed by atoms with Crippen LogP contribution in [0.3, 0.4) is 0 Å². The molecular weight excluding hydrogens is 266 g/mol. The van der Waals surface area contributed by atoms with Crippen molar-refractivity contribution in [1.82, 2.24) is 20.4 Å². The number of amides is 2. The van der Waals surface area contributed by atoms with Gasteiger partial charge in [0.05, 0.1) is 6.20 Å². The van der Waals surface area contributed by atoms with Crippen LogP contribution in [0.2, 0.25) is 0 Å². The summed E-state index contributed by atoms with van der Waals surface area (Å²) in [6.45, 7) is 1.86. The summed E-state index contributed by atoms with van der Waals surface area (Å²) in [7, 11) is 0. The fraction of sp³-hybridized carbons (Fsp3) is 0.545. The molecule has 1 aliphatic rings. The third-order valence-electron chi connectivity index (χ3n) is 3.15. The van der Waals surface area contributed by atoms with Crippen molar-refractivity contribution in [2.45, 2.75) is 18.9 Å². The SMILES string of the molecule is O=C(O)NCC(CNC(=O)O)c1cnn2c1NCCC2. The Morgan fingerprint density at radius 3 is 2.60 bits per heavy atom. The molecule has 5 N–H and O–H groups in total. The first-order chi connectivity index (χ1) is 9.58. The van der Waals surface area contributed by atoms with E-state index < -0.39 is 12.2 Å². The van der Waals surface area contributed by atoms with E-state index in [1.54, 1.807) is 6.20 Å². The Balaban J connectivity index is 2.13. The highest BCUT2D eigenvalue weighted by atomic mass is 16.4. The molecule has 20 heavy (non-hydrogen) atoms. The Morgan fingerprint density at radius 1 is 1.35 bits per heavy atom. The van der Waals surface area contributed by atoms with Crippen LogP contribution in [0, 0.1) is 0 Å². The van der Waals surface area contributed by atoms with Gasteiger partial charge in [-0.2, -0.15) is 5.10 Å². The zero-order valence-corrected chi connectivity index (χ0v) is 10.8. The van der Waals surface area contributed by atoms with Crippen molar-refractivity contribution in [3.05, 3.63) is 11.8 Å². The van der Waals surface area contributed by atoms with E-state index in [-0.39, 0.29) is 19.0 Å². The van der Waals surface area contributed by atoms with Crippen LogP contribution in [-0.4, -0.2) is 51.8 Å². The molecule has 110 valence electrons. The largest absolute Gasteiger partial charge is 0.465 e. The highest BCUT2D eigenvalue weighted by Gasteiger charge is 2.22. The van der Waals surface area contributed by atoms with E-state index in [0.717, 1.165) is 30.9 Å². The van der Waals surface area contributed by atoms with Gasteiger partial charge in [0.15, 0.2) is 0 Å². The van der Waals surface area contributed by atoms with E-state index in [1.807, 2.05) is 4.68 Å². The fourth-order valence-electron chi connectivity index (χ4n) is 2.21. The third-order valence-corrected chi connectivity index (χ3v) is 3.15. The molecule has 1 aromatic heterocycles. The van der Waals surface area contributed by atoms with Gasteiger partial charge in [-0.25, -0.2) is 14.3 Å². The lowest BCUT2D eigenvalue weighted by Crippen LogP contribution is -2.34. The summed E-state index contributed by atoms with van der Waals surface area (Å²) in [5.41, 5.74) is 0.812. The van der Waals surface area contributed by atoms with Crippen LogP contribution in [-0.2, 0) is 6.54 Å². The molecule has 1 aromatic rings. The van der Waals surface area contributed by atoms with Gasteiger partial charge in [0.25, 0.3) is 0 Å². The summed E-state index contributed by atoms with van der Waals surface area (Å²) in [4.78, 5) is 21.2. The van der Waals surface area contributed by atoms with Crippen LogP contribution in [0.15, 0.2) is 6.20 Å². The molecule has 2 rings (SSSR count). The number of fused-ring (bicyclic) bond motifs is 1. The van der Waals surface area contributed by atoms with Crippen LogP contribution < -0.4 is 16.0 Å². The van der Waals surface area contributed by atoms with Crippen LogP contribution in [0.5, 0.6) is 0 Å². The molecule has 0 saturated carbocycles. The molecule has 0 unspecified atom stereocenters. The number of carbonyl (C=O) groups is 2. The lowest BCUT2D eigenvalue weighted by atomic mass is 10.0. The average molecular weight is 283 g/mol. The number of rotatable bonds is 5. The fourth-order valence-corrected chi connectivity index (χ4v) is 2.21. The van der Waals surface area contributed by atoms with Gasteiger partial charge in [-0.15, -0.1) is 0 Å². The monoisotopic (exact) mass is 283 g/mol. The van der Waals surface area contributed by atoms with Crippen molar-refractivity contribution in [1.29, 1.82) is 0 Å². The summed E-state index contributed by atoms with van der Waals surface area (Å²) in [6, 6.07) is 0. The molecule has 0 spiro atoms. The molecule has 0 saturated heterocycles. The summed E-state index contributed by atoms with van der Waals surface area (Å²) in [5.74, 6) is 0.525. The number of nitrogens with zero attached hydrogens (tertiary/aromatic N) is 2. The maximum absolute atomic E-state index is 10.6. The normalized spacial score (nSPS) is 13.4. The van der Waals surface area contributed by atoms with Crippen LogP contribution in [0.1, 0.15) is 17.9 Å². The Hall–Kier alpha value is -2.45. The predicted octanol–water partition coefficient (Wildman–Crippen LogP) is 0.317. The molecule has 0 aromatic carbocycles. The van der Waals surface area contributed by atoms with Crippen molar-refractivity contribution in [2.24, 2.45) is 0 Å². The zero-order valence-electron chi connectivity index (χ0n) is 10.8. The van der Waals surface area contributed by atoms with Crippen LogP contribution >= 0.6 is 0 Å². The Morgan fingerprint density at radius 2 is 2.00 bits per heavy atom. The molecule has 0 atom stereocenters. The Bertz CT molecular complexity index is 483. The van der Waals surface area contributed by atoms with Gasteiger partial charge in [-0.1, -0.05) is 0 Å². The number of anilines is 1. The van der Waals surface area contributed by atoms with Gasteiger partial charge in [0.1, 0.15) is 5.82 Å². The number of aryl methyl sites for hydroxylation is 1. The molecule has 2 heterocycles. The minimum absolute atomic E-state index is 0.121. The van der Waals surface area contributed by atoms with Crippen LogP contribution in [0.4, 0.5) is 15.4 Å². The van der Waals surface area contributed by atoms with Gasteiger partial charge >= 0.3 is 12.2 Å². The number of carboxylic acid groups (broad SMARTS) is 2. The lowest BCUT2D eigenvalue weighted by molar-refractivity contribution is 0.191. The highest BCUT2D eigenvalue weighted by molar-refractivity contribution is 5.65. The second kappa shape index (κ2) is 6.13. The van der Waals surface area contributed by atoms with Gasteiger partial charge in [0.2, 0.25) is 0 Å². The van der Waals surface area contributed by atoms with E-state index in [0.29, 0.717) is 0 Å². The topological polar surface area (TPSA) is 129 Å². The van der Waals surface area contributed by atoms with Gasteiger partial charge in [-0.05, 0) is 6.42 Å². The smallest absolute Gasteiger partial charge is 0.404 e. The molecule has 0 fully saturated rings. The Kier molecular flexibility index (Phi) is 4.28. The van der Waals surface area contributed by atoms with Crippen molar-refractivity contribution in [3.8, 4) is 0 Å². The van der Waals surface area contributed by atoms with E-state index in [2.05, 4.69) is 21.0 Å². The van der Waals surface area contributed by atoms with Gasteiger partial charge < -0.3 is 26.2 Å². The second-order valence-corrected chi connectivity index (χ2v) is 4.52. The van der Waals surface area contributed by atoms with Crippen LogP contribution in [0.25, 0.3) is 0 Å². The Labute approximate surface area is 115 Å². The summed E-state index contributed by atoms with van der Waals surface area (Å²) in [5, 5.41) is 29.4. The molecule has 1 aliphatic heterocycles. The molecule has 2 amide bonds. The quantitative estimate of drug-likeness (QED) is 0.529. The summed E-state index contributed by atoms with van der Waals surface area (Å²) in [6.07, 6.45) is 0.351. The van der Waals surface area contributed by atoms with Crippen molar-refractivity contribution in [3.63, 3.8) is 0 Å². The number of hydrogen-bond donors (Lipinski definition) is 5. The highest BCUT2D eigenvalue weighted by Crippen LogP contribution is 2.26. The predicted molar refractivity (Wildman–Crippen MR) is 70.1 cm³/mol. The molecule has 0 aliphatic carbocycles. The first-order valence-corrected chi connectivity index (χ1v) is 6.31. The number of hydrogen-bond acceptors (Lipinski definition) is 4. The van der Waals surface area contributed by atoms with Crippen molar-refractivity contribution < 1.29 is 19.8 Å². The standard InChI is InChI=1S/C11H17N5O4/c17-10(18)13-4-7(5-14-11(19)20)8-6-15-16-3-1-2-12-9(8)16/h6-7,12-14H,1-5H2,(H,17,18)(H,19,20). The second-order valence-electron chi connectivity index (χ2n) is 4.52. The first kappa shape index (κ1) is 14.0. The number of nitrogens with one attached hydrogen (secondary N) is 3. The maximum atomic E-state index is 10.6. The molecule has 0 radical (unpaired) electrons. The van der Waals surface area contributed by atoms with Crippen molar-refractivity contribution in [2.75, 3.05) is 25.0 Å². The zero-order chi connectivity index (χ0) is 14.5. The minimum Gasteiger partial charge on any atom is -0.465 e. The van der Waals surface area contributed by atoms with E-state index >= 15 is 0 Å². The van der Waals surface area contributed by atoms with Crippen molar-refractivity contribution >= 4 is 18.0 Å². The summed E-state index contributed by atoms with van der Waals surface area (Å²) >= 11 is 0. The third kappa shape index (κ3) is 3.31. The van der Waals surface area contributed by atoms with Gasteiger partial charge in [0, 0.05) is 37.7 Å². The molecule has 9 nitrogen and oxygen atoms in total. The molecule has 0 bridgehead atoms. The summed E-state index contributed by atoms with van der Waals surface area (Å²) < 4.78 is 1.81. The minimum atomic E-state index is -1.14. The number of aromatic nitrogens is 2. The molecular formula is C11H17N5O4. The average Bonchev–Trinajstić information content (AvgIpc) is 2.82. The van der Waals surface area contributed by atoms with Gasteiger partial charge in [-0.3, -0.25) is 0 Å². The van der Waals surface area contributed by atoms with E-state index in [9.17, 15) is 9.59 Å².